The first-order valence-corrected chi connectivity index (χ1v) is 9.63. The fourth-order valence-corrected chi connectivity index (χ4v) is 3.20. The Morgan fingerprint density at radius 3 is 2.04 bits per heavy atom. The highest BCUT2D eigenvalue weighted by Gasteiger charge is 2.20. The van der Waals surface area contributed by atoms with Gasteiger partial charge in [0.25, 0.3) is 0 Å². The molecule has 2 aromatic rings. The van der Waals surface area contributed by atoms with Crippen molar-refractivity contribution >= 4 is 29.1 Å². The zero-order valence-corrected chi connectivity index (χ0v) is 15.4. The molecule has 2 nitrogen and oxygen atoms in total. The molecule has 2 rings (SSSR count). The van der Waals surface area contributed by atoms with Crippen LogP contribution in [0.3, 0.4) is 0 Å². The minimum atomic E-state index is 0.123. The molecule has 0 amide bonds. The first kappa shape index (κ1) is 17.8. The molecule has 1 N–H and O–H groups in total. The highest BCUT2D eigenvalue weighted by molar-refractivity contribution is 7.98. The maximum atomic E-state index is 5.61. The van der Waals surface area contributed by atoms with Crippen molar-refractivity contribution in [2.24, 2.45) is 0 Å². The summed E-state index contributed by atoms with van der Waals surface area (Å²) in [6.07, 6.45) is 3.25. The highest BCUT2D eigenvalue weighted by atomic mass is 32.2. The van der Waals surface area contributed by atoms with E-state index < -0.39 is 0 Å². The number of nitrogens with one attached hydrogen (secondary N) is 1. The summed E-state index contributed by atoms with van der Waals surface area (Å²) >= 11 is 7.48. The molecule has 0 aliphatic heterocycles. The molecule has 0 unspecified atom stereocenters. The van der Waals surface area contributed by atoms with Crippen LogP contribution in [0.2, 0.25) is 0 Å². The van der Waals surface area contributed by atoms with Crippen LogP contribution in [0.1, 0.15) is 23.6 Å². The van der Waals surface area contributed by atoms with Crippen molar-refractivity contribution in [3.8, 4) is 0 Å². The first-order chi connectivity index (χ1) is 11.2. The van der Waals surface area contributed by atoms with Gasteiger partial charge in [0.15, 0.2) is 5.11 Å². The topological polar surface area (TPSA) is 15.3 Å². The van der Waals surface area contributed by atoms with Gasteiger partial charge in [0.1, 0.15) is 0 Å². The molecule has 0 saturated heterocycles. The van der Waals surface area contributed by atoms with Crippen LogP contribution < -0.4 is 5.32 Å². The zero-order valence-electron chi connectivity index (χ0n) is 13.7. The molecular weight excluding hydrogens is 320 g/mol. The molecule has 122 valence electrons. The average Bonchev–Trinajstić information content (AvgIpc) is 2.60. The van der Waals surface area contributed by atoms with Crippen molar-refractivity contribution < 1.29 is 0 Å². The largest absolute Gasteiger partial charge is 0.363 e. The lowest BCUT2D eigenvalue weighted by atomic mass is 9.98. The van der Waals surface area contributed by atoms with E-state index in [9.17, 15) is 0 Å². The monoisotopic (exact) mass is 344 g/mol. The fraction of sp³-hybridized carbons (Fsp3) is 0.316. The molecule has 0 spiro atoms. The van der Waals surface area contributed by atoms with E-state index in [1.54, 1.807) is 0 Å². The predicted octanol–water partition coefficient (Wildman–Crippen LogP) is 4.34. The minimum Gasteiger partial charge on any atom is -0.363 e. The lowest BCUT2D eigenvalue weighted by Gasteiger charge is -2.31. The molecule has 0 aliphatic carbocycles. The van der Waals surface area contributed by atoms with Gasteiger partial charge >= 0.3 is 0 Å². The molecule has 2 aromatic carbocycles. The van der Waals surface area contributed by atoms with E-state index in [2.05, 4.69) is 72.1 Å². The molecule has 4 heteroatoms. The Bertz CT molecular complexity index is 547. The van der Waals surface area contributed by atoms with Crippen molar-refractivity contribution in [3.63, 3.8) is 0 Å². The molecule has 0 fully saturated rings. The van der Waals surface area contributed by atoms with Crippen molar-refractivity contribution in [1.82, 2.24) is 10.2 Å². The maximum Gasteiger partial charge on any atom is 0.169 e. The van der Waals surface area contributed by atoms with Gasteiger partial charge in [0.05, 0.1) is 6.04 Å². The second-order valence-electron chi connectivity index (χ2n) is 5.41. The van der Waals surface area contributed by atoms with Gasteiger partial charge in [-0.15, -0.1) is 0 Å². The molecule has 0 aliphatic rings. The third-order valence-corrected chi connectivity index (χ3v) is 4.87. The summed E-state index contributed by atoms with van der Waals surface area (Å²) in [5.41, 5.74) is 2.49. The number of benzene rings is 2. The van der Waals surface area contributed by atoms with Crippen LogP contribution in [-0.2, 0) is 0 Å². The Morgan fingerprint density at radius 2 is 1.57 bits per heavy atom. The van der Waals surface area contributed by atoms with Crippen LogP contribution in [0.5, 0.6) is 0 Å². The van der Waals surface area contributed by atoms with Crippen LogP contribution in [-0.4, -0.2) is 35.6 Å². The summed E-state index contributed by atoms with van der Waals surface area (Å²) in [7, 11) is 2.06. The van der Waals surface area contributed by atoms with Crippen LogP contribution >= 0.6 is 24.0 Å². The van der Waals surface area contributed by atoms with Crippen LogP contribution in [0.15, 0.2) is 60.7 Å². The smallest absolute Gasteiger partial charge is 0.169 e. The summed E-state index contributed by atoms with van der Waals surface area (Å²) in [5.74, 6) is 1.15. The number of thiocarbonyl (C=S) groups is 1. The molecule has 0 bridgehead atoms. The standard InChI is InChI=1S/C19H24N2S2/c1-21(19(22)20-14-9-15-23-2)18(16-10-5-3-6-11-16)17-12-7-4-8-13-17/h3-8,10-13,18H,9,14-15H2,1-2H3,(H,20,22). The van der Waals surface area contributed by atoms with E-state index in [1.807, 2.05) is 23.9 Å². The maximum absolute atomic E-state index is 5.61. The van der Waals surface area contributed by atoms with Gasteiger partial charge < -0.3 is 10.2 Å². The Kier molecular flexibility index (Phi) is 7.43. The first-order valence-electron chi connectivity index (χ1n) is 7.83. The normalized spacial score (nSPS) is 10.6. The molecular formula is C19H24N2S2. The van der Waals surface area contributed by atoms with Gasteiger partial charge in [-0.25, -0.2) is 0 Å². The number of nitrogens with zero attached hydrogens (tertiary/aromatic N) is 1. The molecule has 0 radical (unpaired) electrons. The quantitative estimate of drug-likeness (QED) is 0.593. The molecule has 0 aromatic heterocycles. The highest BCUT2D eigenvalue weighted by Crippen LogP contribution is 2.27. The fourth-order valence-electron chi connectivity index (χ4n) is 2.56. The van der Waals surface area contributed by atoms with Crippen LogP contribution in [0.4, 0.5) is 0 Å². The van der Waals surface area contributed by atoms with Crippen molar-refractivity contribution in [2.45, 2.75) is 12.5 Å². The Hall–Kier alpha value is -1.52. The second kappa shape index (κ2) is 9.58. The zero-order chi connectivity index (χ0) is 16.5. The van der Waals surface area contributed by atoms with Gasteiger partial charge in [-0.3, -0.25) is 0 Å². The van der Waals surface area contributed by atoms with E-state index >= 15 is 0 Å². The third kappa shape index (κ3) is 5.26. The van der Waals surface area contributed by atoms with Crippen molar-refractivity contribution in [1.29, 1.82) is 0 Å². The molecule has 0 atom stereocenters. The van der Waals surface area contributed by atoms with Crippen LogP contribution in [0.25, 0.3) is 0 Å². The number of rotatable bonds is 7. The van der Waals surface area contributed by atoms with Gasteiger partial charge in [-0.05, 0) is 41.8 Å². The van der Waals surface area contributed by atoms with Crippen molar-refractivity contribution in [2.75, 3.05) is 25.6 Å². The molecule has 0 heterocycles. The summed E-state index contributed by atoms with van der Waals surface area (Å²) in [5, 5.41) is 4.18. The molecule has 0 saturated carbocycles. The minimum absolute atomic E-state index is 0.123. The Labute approximate surface area is 149 Å². The summed E-state index contributed by atoms with van der Waals surface area (Å²) in [6.45, 7) is 0.917. The summed E-state index contributed by atoms with van der Waals surface area (Å²) in [4.78, 5) is 2.15. The van der Waals surface area contributed by atoms with Crippen LogP contribution in [0, 0.1) is 0 Å². The Balaban J connectivity index is 2.15. The van der Waals surface area contributed by atoms with E-state index in [0.717, 1.165) is 23.8 Å². The lowest BCUT2D eigenvalue weighted by molar-refractivity contribution is 0.420. The van der Waals surface area contributed by atoms with E-state index in [4.69, 9.17) is 12.2 Å². The summed E-state index contributed by atoms with van der Waals surface area (Å²) < 4.78 is 0. The Morgan fingerprint density at radius 1 is 1.04 bits per heavy atom. The number of hydrogen-bond acceptors (Lipinski definition) is 2. The van der Waals surface area contributed by atoms with Gasteiger partial charge in [-0.2, -0.15) is 11.8 Å². The predicted molar refractivity (Wildman–Crippen MR) is 106 cm³/mol. The van der Waals surface area contributed by atoms with E-state index in [0.29, 0.717) is 0 Å². The van der Waals surface area contributed by atoms with Gasteiger partial charge in [0, 0.05) is 13.6 Å². The number of thioether (sulfide) groups is 1. The van der Waals surface area contributed by atoms with Gasteiger partial charge in [0.2, 0.25) is 0 Å². The lowest BCUT2D eigenvalue weighted by Crippen LogP contribution is -2.40. The second-order valence-corrected chi connectivity index (χ2v) is 6.79. The average molecular weight is 345 g/mol. The van der Waals surface area contributed by atoms with Gasteiger partial charge in [-0.1, -0.05) is 60.7 Å². The number of hydrogen-bond donors (Lipinski definition) is 1. The van der Waals surface area contributed by atoms with Crippen molar-refractivity contribution in [3.05, 3.63) is 71.8 Å². The summed E-state index contributed by atoms with van der Waals surface area (Å²) in [6, 6.07) is 21.2. The SMILES string of the molecule is CSCCCNC(=S)N(C)C(c1ccccc1)c1ccccc1. The van der Waals surface area contributed by atoms with E-state index in [1.165, 1.54) is 11.1 Å². The molecule has 23 heavy (non-hydrogen) atoms. The van der Waals surface area contributed by atoms with E-state index in [-0.39, 0.29) is 6.04 Å². The third-order valence-electron chi connectivity index (χ3n) is 3.74.